The van der Waals surface area contributed by atoms with Crippen LogP contribution in [0.3, 0.4) is 0 Å². The van der Waals surface area contributed by atoms with Crippen LogP contribution in [0, 0.1) is 0 Å². The number of nitrogens with one attached hydrogen (secondary N) is 1. The van der Waals surface area contributed by atoms with Crippen molar-refractivity contribution in [1.82, 2.24) is 5.32 Å². The minimum Gasteiger partial charge on any atom is -0.457 e. The third-order valence-corrected chi connectivity index (χ3v) is 6.94. The van der Waals surface area contributed by atoms with Gasteiger partial charge in [0.2, 0.25) is 0 Å². The van der Waals surface area contributed by atoms with Crippen molar-refractivity contribution in [3.8, 4) is 11.5 Å². The van der Waals surface area contributed by atoms with E-state index in [2.05, 4.69) is 53.8 Å². The van der Waals surface area contributed by atoms with Crippen LogP contribution in [-0.4, -0.2) is 35.7 Å². The molecule has 5 rings (SSSR count). The Morgan fingerprint density at radius 2 is 1.32 bits per heavy atom. The summed E-state index contributed by atoms with van der Waals surface area (Å²) < 4.78 is 5.99. The van der Waals surface area contributed by atoms with E-state index in [9.17, 15) is 9.90 Å². The molecule has 6 N–H and O–H groups in total. The Morgan fingerprint density at radius 3 is 1.85 bits per heavy atom. The second-order valence-electron chi connectivity index (χ2n) is 10.3. The molecule has 5 aromatic carbocycles. The molecule has 0 aliphatic carbocycles. The Kier molecular flexibility index (Phi) is 10.6. The van der Waals surface area contributed by atoms with Crippen LogP contribution in [0.5, 0.6) is 11.5 Å². The zero-order valence-electron chi connectivity index (χ0n) is 23.5. The van der Waals surface area contributed by atoms with Gasteiger partial charge in [0.1, 0.15) is 11.5 Å². The fraction of sp³-hybridized carbons (Fsp3) is 0.229. The molecular formula is C35H39N3O3. The summed E-state index contributed by atoms with van der Waals surface area (Å²) in [5, 5.41) is 17.8. The average Bonchev–Trinajstić information content (AvgIpc) is 3.00. The van der Waals surface area contributed by atoms with Gasteiger partial charge in [0.05, 0.1) is 6.04 Å². The summed E-state index contributed by atoms with van der Waals surface area (Å²) >= 11 is 0. The molecule has 0 bridgehead atoms. The Hall–Kier alpha value is -4.07. The number of hydrogen-bond acceptors (Lipinski definition) is 6. The van der Waals surface area contributed by atoms with E-state index >= 15 is 0 Å². The van der Waals surface area contributed by atoms with Crippen LogP contribution in [-0.2, 0) is 11.2 Å². The number of ether oxygens (including phenoxy) is 1. The molecule has 6 nitrogen and oxygen atoms in total. The maximum Gasteiger partial charge on any atom is 0.195 e. The van der Waals surface area contributed by atoms with Crippen molar-refractivity contribution in [3.05, 3.63) is 121 Å². The molecule has 0 heterocycles. The van der Waals surface area contributed by atoms with Gasteiger partial charge in [-0.2, -0.15) is 0 Å². The summed E-state index contributed by atoms with van der Waals surface area (Å²) in [5.74, 6) is 1.34. The monoisotopic (exact) mass is 549 g/mol. The standard InChI is InChI=1S/C20H14O.C15H25N3O2/c1-3-7-17-13-19(11-9-15(17)5-1)21-20-12-10-16-6-2-4-8-18(16)14-20;1-15(20,14(19)13(17)8-5-10-16)18-11-9-12-6-3-2-4-7-12/h1-14H;2-4,6-7,13,18,20H,5,8-11,16-17H2,1H3/t;13-,15?/m.1/s1. The van der Waals surface area contributed by atoms with Gasteiger partial charge in [0.15, 0.2) is 11.5 Å². The maximum absolute atomic E-state index is 12.0. The minimum atomic E-state index is -1.59. The van der Waals surface area contributed by atoms with Crippen molar-refractivity contribution in [2.45, 2.75) is 38.0 Å². The topological polar surface area (TPSA) is 111 Å². The highest BCUT2D eigenvalue weighted by Gasteiger charge is 2.33. The predicted molar refractivity (Wildman–Crippen MR) is 168 cm³/mol. The van der Waals surface area contributed by atoms with Crippen molar-refractivity contribution in [2.75, 3.05) is 13.1 Å². The lowest BCUT2D eigenvalue weighted by molar-refractivity contribution is -0.140. The molecule has 0 amide bonds. The molecule has 0 saturated heterocycles. The highest BCUT2D eigenvalue weighted by molar-refractivity contribution is 5.90. The van der Waals surface area contributed by atoms with Crippen molar-refractivity contribution in [3.63, 3.8) is 0 Å². The first-order valence-corrected chi connectivity index (χ1v) is 14.0. The van der Waals surface area contributed by atoms with Crippen molar-refractivity contribution >= 4 is 27.3 Å². The largest absolute Gasteiger partial charge is 0.457 e. The molecule has 0 aromatic heterocycles. The summed E-state index contributed by atoms with van der Waals surface area (Å²) in [5.41, 5.74) is 10.7. The van der Waals surface area contributed by atoms with Crippen LogP contribution in [0.2, 0.25) is 0 Å². The lowest BCUT2D eigenvalue weighted by Gasteiger charge is -2.26. The van der Waals surface area contributed by atoms with Crippen molar-refractivity contribution in [2.24, 2.45) is 11.5 Å². The van der Waals surface area contributed by atoms with Crippen LogP contribution < -0.4 is 21.5 Å². The first-order valence-electron chi connectivity index (χ1n) is 14.0. The van der Waals surface area contributed by atoms with E-state index in [1.807, 2.05) is 66.7 Å². The van der Waals surface area contributed by atoms with E-state index in [1.54, 1.807) is 0 Å². The second kappa shape index (κ2) is 14.5. The van der Waals surface area contributed by atoms with Gasteiger partial charge in [-0.3, -0.25) is 10.1 Å². The molecule has 0 saturated carbocycles. The van der Waals surface area contributed by atoms with Gasteiger partial charge >= 0.3 is 0 Å². The van der Waals surface area contributed by atoms with E-state index in [0.29, 0.717) is 25.9 Å². The first-order chi connectivity index (χ1) is 19.9. The molecule has 2 atom stereocenters. The lowest BCUT2D eigenvalue weighted by Crippen LogP contribution is -2.56. The molecule has 1 unspecified atom stereocenters. The molecule has 212 valence electrons. The lowest BCUT2D eigenvalue weighted by atomic mass is 9.99. The number of fused-ring (bicyclic) bond motifs is 2. The molecular weight excluding hydrogens is 510 g/mol. The van der Waals surface area contributed by atoms with Gasteiger partial charge < -0.3 is 21.3 Å². The van der Waals surface area contributed by atoms with E-state index < -0.39 is 11.8 Å². The van der Waals surface area contributed by atoms with E-state index in [0.717, 1.165) is 23.5 Å². The van der Waals surface area contributed by atoms with Gasteiger partial charge in [-0.05, 0) is 84.1 Å². The number of rotatable bonds is 11. The van der Waals surface area contributed by atoms with Crippen LogP contribution in [0.25, 0.3) is 21.5 Å². The first kappa shape index (κ1) is 29.9. The normalized spacial score (nSPS) is 13.2. The third-order valence-electron chi connectivity index (χ3n) is 6.94. The summed E-state index contributed by atoms with van der Waals surface area (Å²) in [6.45, 7) is 2.44. The summed E-state index contributed by atoms with van der Waals surface area (Å²) in [4.78, 5) is 12.0. The number of carbonyl (C=O) groups is 1. The minimum absolute atomic E-state index is 0.390. The van der Waals surface area contributed by atoms with Crippen LogP contribution in [0.1, 0.15) is 25.3 Å². The number of carbonyl (C=O) groups excluding carboxylic acids is 1. The Bertz CT molecular complexity index is 1480. The van der Waals surface area contributed by atoms with Crippen LogP contribution in [0.4, 0.5) is 0 Å². The maximum atomic E-state index is 12.0. The summed E-state index contributed by atoms with van der Waals surface area (Å²) in [7, 11) is 0. The highest BCUT2D eigenvalue weighted by Crippen LogP contribution is 2.28. The average molecular weight is 550 g/mol. The fourth-order valence-corrected chi connectivity index (χ4v) is 4.61. The van der Waals surface area contributed by atoms with Gasteiger partial charge in [-0.1, -0.05) is 91.0 Å². The highest BCUT2D eigenvalue weighted by atomic mass is 16.5. The number of hydrogen-bond donors (Lipinski definition) is 4. The molecule has 0 aliphatic rings. The Morgan fingerprint density at radius 1 is 0.805 bits per heavy atom. The molecule has 5 aromatic rings. The summed E-state index contributed by atoms with van der Waals surface area (Å²) in [6.07, 6.45) is 1.90. The smallest absolute Gasteiger partial charge is 0.195 e. The molecule has 0 radical (unpaired) electrons. The third kappa shape index (κ3) is 8.71. The zero-order valence-corrected chi connectivity index (χ0v) is 23.5. The molecule has 41 heavy (non-hydrogen) atoms. The quantitative estimate of drug-likeness (QED) is 0.152. The number of aliphatic hydroxyl groups is 1. The van der Waals surface area contributed by atoms with Crippen LogP contribution in [0.15, 0.2) is 115 Å². The van der Waals surface area contributed by atoms with E-state index in [4.69, 9.17) is 16.2 Å². The van der Waals surface area contributed by atoms with Crippen LogP contribution >= 0.6 is 0 Å². The van der Waals surface area contributed by atoms with Gasteiger partial charge in [-0.15, -0.1) is 0 Å². The number of Topliss-reactive ketones (excluding diaryl/α,β-unsaturated/α-hetero) is 1. The van der Waals surface area contributed by atoms with E-state index in [1.165, 1.54) is 28.5 Å². The molecule has 6 heteroatoms. The Balaban J connectivity index is 0.000000189. The second-order valence-corrected chi connectivity index (χ2v) is 10.3. The van der Waals surface area contributed by atoms with Gasteiger partial charge in [-0.25, -0.2) is 0 Å². The Labute approximate surface area is 241 Å². The zero-order chi connectivity index (χ0) is 29.1. The predicted octanol–water partition coefficient (Wildman–Crippen LogP) is 5.95. The molecule has 0 aliphatic heterocycles. The van der Waals surface area contributed by atoms with Crippen molar-refractivity contribution < 1.29 is 14.6 Å². The van der Waals surface area contributed by atoms with Crippen molar-refractivity contribution in [1.29, 1.82) is 0 Å². The summed E-state index contributed by atoms with van der Waals surface area (Å²) in [6, 6.07) is 38.1. The number of nitrogens with two attached hydrogens (primary N) is 2. The SMILES string of the molecule is CC(O)(NCCc1ccccc1)C(=O)[C@H](N)CCCN.c1ccc2cc(Oc3ccc4ccccc4c3)ccc2c1. The van der Waals surface area contributed by atoms with E-state index in [-0.39, 0.29) is 5.78 Å². The molecule has 0 spiro atoms. The number of benzene rings is 5. The number of ketones is 1. The van der Waals surface area contributed by atoms with Gasteiger partial charge in [0, 0.05) is 6.54 Å². The van der Waals surface area contributed by atoms with Gasteiger partial charge in [0.25, 0.3) is 0 Å². The fourth-order valence-electron chi connectivity index (χ4n) is 4.61. The molecule has 0 fully saturated rings.